The smallest absolute Gasteiger partial charge is 0.340 e. The first-order chi connectivity index (χ1) is 10.2. The molecule has 0 saturated carbocycles. The number of ether oxygens (including phenoxy) is 1. The van der Waals surface area contributed by atoms with Gasteiger partial charge in [-0.15, -0.1) is 0 Å². The first kappa shape index (κ1) is 13.6. The summed E-state index contributed by atoms with van der Waals surface area (Å²) in [4.78, 5) is 11.7. The highest BCUT2D eigenvalue weighted by molar-refractivity contribution is 6.30. The molecule has 4 nitrogen and oxygen atoms in total. The van der Waals surface area contributed by atoms with Crippen molar-refractivity contribution in [1.29, 1.82) is 0 Å². The van der Waals surface area contributed by atoms with Crippen molar-refractivity contribution in [2.75, 3.05) is 7.11 Å². The van der Waals surface area contributed by atoms with Crippen LogP contribution in [0.15, 0.2) is 48.7 Å². The predicted molar refractivity (Wildman–Crippen MR) is 81.6 cm³/mol. The number of fused-ring (bicyclic) bond motifs is 1. The van der Waals surface area contributed by atoms with E-state index in [1.807, 2.05) is 42.6 Å². The zero-order valence-electron chi connectivity index (χ0n) is 11.4. The summed E-state index contributed by atoms with van der Waals surface area (Å²) in [6.45, 7) is 0.618. The fraction of sp³-hybridized carbons (Fsp3) is 0.125. The van der Waals surface area contributed by atoms with Gasteiger partial charge in [0.2, 0.25) is 0 Å². The van der Waals surface area contributed by atoms with Crippen LogP contribution in [-0.4, -0.2) is 22.9 Å². The summed E-state index contributed by atoms with van der Waals surface area (Å²) in [6.07, 6.45) is 1.91. The number of esters is 1. The second-order valence-electron chi connectivity index (χ2n) is 4.69. The van der Waals surface area contributed by atoms with E-state index in [0.29, 0.717) is 22.6 Å². The molecular weight excluding hydrogens is 288 g/mol. The number of carbonyl (C=O) groups is 1. The maximum Gasteiger partial charge on any atom is 0.340 e. The first-order valence-electron chi connectivity index (χ1n) is 6.46. The number of halogens is 1. The summed E-state index contributed by atoms with van der Waals surface area (Å²) >= 11 is 5.88. The van der Waals surface area contributed by atoms with Gasteiger partial charge in [-0.05, 0) is 23.8 Å². The lowest BCUT2D eigenvalue weighted by atomic mass is 10.1. The topological polar surface area (TPSA) is 44.1 Å². The Labute approximate surface area is 126 Å². The van der Waals surface area contributed by atoms with Crippen molar-refractivity contribution in [1.82, 2.24) is 9.78 Å². The maximum absolute atomic E-state index is 11.7. The second kappa shape index (κ2) is 5.58. The lowest BCUT2D eigenvalue weighted by molar-refractivity contribution is 0.0602. The molecule has 0 fully saturated rings. The van der Waals surface area contributed by atoms with E-state index in [-0.39, 0.29) is 5.97 Å². The van der Waals surface area contributed by atoms with Crippen LogP contribution in [0.1, 0.15) is 15.9 Å². The Morgan fingerprint density at radius 3 is 2.71 bits per heavy atom. The molecular formula is C16H13ClN2O2. The molecule has 0 unspecified atom stereocenters. The van der Waals surface area contributed by atoms with Gasteiger partial charge in [0.05, 0.1) is 19.2 Å². The van der Waals surface area contributed by atoms with E-state index in [2.05, 4.69) is 5.10 Å². The molecule has 0 amide bonds. The molecule has 0 atom stereocenters. The molecule has 0 radical (unpaired) electrons. The third-order valence-corrected chi connectivity index (χ3v) is 3.50. The van der Waals surface area contributed by atoms with Crippen molar-refractivity contribution in [3.8, 4) is 0 Å². The Kier molecular flexibility index (Phi) is 3.62. The number of nitrogens with zero attached hydrogens (tertiary/aromatic N) is 2. The van der Waals surface area contributed by atoms with Crippen molar-refractivity contribution in [2.24, 2.45) is 0 Å². The first-order valence-corrected chi connectivity index (χ1v) is 6.84. The van der Waals surface area contributed by atoms with Gasteiger partial charge in [-0.25, -0.2) is 4.79 Å². The van der Waals surface area contributed by atoms with Crippen LogP contribution < -0.4 is 0 Å². The van der Waals surface area contributed by atoms with Crippen molar-refractivity contribution >= 4 is 28.5 Å². The van der Waals surface area contributed by atoms with Gasteiger partial charge in [0.15, 0.2) is 0 Å². The van der Waals surface area contributed by atoms with Gasteiger partial charge in [0.25, 0.3) is 0 Å². The summed E-state index contributed by atoms with van der Waals surface area (Å²) in [7, 11) is 1.37. The van der Waals surface area contributed by atoms with E-state index >= 15 is 0 Å². The molecule has 1 heterocycles. The largest absolute Gasteiger partial charge is 0.465 e. The Hall–Kier alpha value is -2.33. The molecule has 0 bridgehead atoms. The van der Waals surface area contributed by atoms with E-state index in [1.54, 1.807) is 10.7 Å². The average Bonchev–Trinajstić information content (AvgIpc) is 2.91. The maximum atomic E-state index is 11.7. The third-order valence-electron chi connectivity index (χ3n) is 3.25. The number of benzene rings is 2. The van der Waals surface area contributed by atoms with Crippen molar-refractivity contribution < 1.29 is 9.53 Å². The summed E-state index contributed by atoms with van der Waals surface area (Å²) in [5.74, 6) is -0.377. The molecule has 0 N–H and O–H groups in total. The van der Waals surface area contributed by atoms with Crippen molar-refractivity contribution in [3.05, 3.63) is 64.8 Å². The van der Waals surface area contributed by atoms with Gasteiger partial charge in [-0.1, -0.05) is 35.9 Å². The van der Waals surface area contributed by atoms with Gasteiger partial charge >= 0.3 is 5.97 Å². The van der Waals surface area contributed by atoms with Crippen molar-refractivity contribution in [2.45, 2.75) is 6.54 Å². The van der Waals surface area contributed by atoms with Crippen LogP contribution in [0.5, 0.6) is 0 Å². The minimum Gasteiger partial charge on any atom is -0.465 e. The van der Waals surface area contributed by atoms with Crippen LogP contribution in [0, 0.1) is 0 Å². The third kappa shape index (κ3) is 2.76. The molecule has 3 rings (SSSR count). The van der Waals surface area contributed by atoms with Gasteiger partial charge in [0.1, 0.15) is 5.52 Å². The lowest BCUT2D eigenvalue weighted by Crippen LogP contribution is -2.03. The number of carbonyl (C=O) groups excluding carboxylic acids is 1. The second-order valence-corrected chi connectivity index (χ2v) is 5.12. The molecule has 0 aliphatic rings. The van der Waals surface area contributed by atoms with E-state index in [9.17, 15) is 4.79 Å². The fourth-order valence-corrected chi connectivity index (χ4v) is 2.35. The molecule has 5 heteroatoms. The van der Waals surface area contributed by atoms with Crippen LogP contribution in [0.2, 0.25) is 5.02 Å². The number of methoxy groups -OCH3 is 1. The Morgan fingerprint density at radius 2 is 2.00 bits per heavy atom. The standard InChI is InChI=1S/C16H13ClN2O2/c1-21-16(20)14-4-2-3-12-10-19(18-15(12)14)9-11-5-7-13(17)8-6-11/h2-8,10H,9H2,1H3. The van der Waals surface area contributed by atoms with Crippen molar-refractivity contribution in [3.63, 3.8) is 0 Å². The van der Waals surface area contributed by atoms with Crippen LogP contribution in [0.25, 0.3) is 10.9 Å². The minimum atomic E-state index is -0.377. The average molecular weight is 301 g/mol. The monoisotopic (exact) mass is 300 g/mol. The fourth-order valence-electron chi connectivity index (χ4n) is 2.23. The van der Waals surface area contributed by atoms with Crippen LogP contribution >= 0.6 is 11.6 Å². The summed E-state index contributed by atoms with van der Waals surface area (Å²) in [5.41, 5.74) is 2.22. The molecule has 0 spiro atoms. The summed E-state index contributed by atoms with van der Waals surface area (Å²) < 4.78 is 6.59. The van der Waals surface area contributed by atoms with E-state index < -0.39 is 0 Å². The van der Waals surface area contributed by atoms with E-state index in [4.69, 9.17) is 16.3 Å². The van der Waals surface area contributed by atoms with Gasteiger partial charge in [-0.3, -0.25) is 4.68 Å². The minimum absolute atomic E-state index is 0.377. The van der Waals surface area contributed by atoms with Crippen LogP contribution in [-0.2, 0) is 11.3 Å². The zero-order valence-corrected chi connectivity index (χ0v) is 12.2. The van der Waals surface area contributed by atoms with Crippen LogP contribution in [0.4, 0.5) is 0 Å². The summed E-state index contributed by atoms with van der Waals surface area (Å²) in [5, 5.41) is 6.10. The Bertz CT molecular complexity index is 794. The SMILES string of the molecule is COC(=O)c1cccc2cn(Cc3ccc(Cl)cc3)nc12. The lowest BCUT2D eigenvalue weighted by Gasteiger charge is -2.01. The molecule has 21 heavy (non-hydrogen) atoms. The predicted octanol–water partition coefficient (Wildman–Crippen LogP) is 3.52. The highest BCUT2D eigenvalue weighted by Gasteiger charge is 2.13. The highest BCUT2D eigenvalue weighted by Crippen LogP contribution is 2.19. The number of hydrogen-bond acceptors (Lipinski definition) is 3. The normalized spacial score (nSPS) is 10.8. The Morgan fingerprint density at radius 1 is 1.24 bits per heavy atom. The van der Waals surface area contributed by atoms with Gasteiger partial charge in [-0.2, -0.15) is 5.10 Å². The number of hydrogen-bond donors (Lipinski definition) is 0. The molecule has 1 aromatic heterocycles. The van der Waals surface area contributed by atoms with E-state index in [0.717, 1.165) is 10.9 Å². The molecule has 106 valence electrons. The molecule has 0 aliphatic heterocycles. The molecule has 3 aromatic rings. The number of aromatic nitrogens is 2. The number of rotatable bonds is 3. The van der Waals surface area contributed by atoms with Gasteiger partial charge < -0.3 is 4.74 Å². The highest BCUT2D eigenvalue weighted by atomic mass is 35.5. The summed E-state index contributed by atoms with van der Waals surface area (Å²) in [6, 6.07) is 13.1. The Balaban J connectivity index is 1.97. The molecule has 0 saturated heterocycles. The quantitative estimate of drug-likeness (QED) is 0.695. The zero-order chi connectivity index (χ0) is 14.8. The van der Waals surface area contributed by atoms with E-state index in [1.165, 1.54) is 7.11 Å². The molecule has 2 aromatic carbocycles. The van der Waals surface area contributed by atoms with Crippen LogP contribution in [0.3, 0.4) is 0 Å². The van der Waals surface area contributed by atoms with Gasteiger partial charge in [0, 0.05) is 16.6 Å². The molecule has 0 aliphatic carbocycles.